The molecule has 0 saturated carbocycles. The van der Waals surface area contributed by atoms with Crippen LogP contribution in [0.2, 0.25) is 0 Å². The summed E-state index contributed by atoms with van der Waals surface area (Å²) in [6.45, 7) is 5.36. The van der Waals surface area contributed by atoms with Crippen molar-refractivity contribution in [1.29, 1.82) is 0 Å². The second-order valence-electron chi connectivity index (χ2n) is 5.34. The molecule has 1 fully saturated rings. The van der Waals surface area contributed by atoms with Crippen LogP contribution in [0.5, 0.6) is 0 Å². The Morgan fingerprint density at radius 3 is 2.36 bits per heavy atom. The van der Waals surface area contributed by atoms with Crippen molar-refractivity contribution in [2.24, 2.45) is 0 Å². The lowest BCUT2D eigenvalue weighted by atomic mass is 10.1. The quantitative estimate of drug-likeness (QED) is 0.675. The standard InChI is InChI=1S/C16H20N2O2S2/c1-11(19)13-5-7-14(8-6-13)17-15(20)12(2)22-16(21)18-9-3-4-10-18/h5-8,12H,3-4,9-10H2,1-2H3,(H,17,20)/t12-/m1/s1. The number of carbonyl (C=O) groups excluding carboxylic acids is 2. The van der Waals surface area contributed by atoms with E-state index in [4.69, 9.17) is 12.2 Å². The number of thiocarbonyl (C=S) groups is 1. The van der Waals surface area contributed by atoms with Gasteiger partial charge in [-0.15, -0.1) is 0 Å². The molecule has 1 N–H and O–H groups in total. The molecular weight excluding hydrogens is 316 g/mol. The van der Waals surface area contributed by atoms with Gasteiger partial charge in [-0.1, -0.05) is 24.0 Å². The van der Waals surface area contributed by atoms with E-state index in [1.165, 1.54) is 31.5 Å². The largest absolute Gasteiger partial charge is 0.358 e. The van der Waals surface area contributed by atoms with Crippen LogP contribution < -0.4 is 5.32 Å². The van der Waals surface area contributed by atoms with Crippen molar-refractivity contribution in [3.63, 3.8) is 0 Å². The number of Topliss-reactive ketones (excluding diaryl/α,β-unsaturated/α-hetero) is 1. The maximum absolute atomic E-state index is 12.2. The van der Waals surface area contributed by atoms with Crippen LogP contribution in [0.15, 0.2) is 24.3 Å². The van der Waals surface area contributed by atoms with Gasteiger partial charge in [-0.05, 0) is 51.0 Å². The molecule has 1 atom stereocenters. The van der Waals surface area contributed by atoms with Crippen LogP contribution in [-0.2, 0) is 4.79 Å². The van der Waals surface area contributed by atoms with Crippen LogP contribution in [0.1, 0.15) is 37.0 Å². The fourth-order valence-electron chi connectivity index (χ4n) is 2.21. The first-order chi connectivity index (χ1) is 10.5. The summed E-state index contributed by atoms with van der Waals surface area (Å²) in [4.78, 5) is 25.6. The van der Waals surface area contributed by atoms with Gasteiger partial charge in [-0.25, -0.2) is 0 Å². The topological polar surface area (TPSA) is 49.4 Å². The Morgan fingerprint density at radius 2 is 1.82 bits per heavy atom. The maximum atomic E-state index is 12.2. The summed E-state index contributed by atoms with van der Waals surface area (Å²) in [5.74, 6) is -0.0696. The Balaban J connectivity index is 1.87. The number of ketones is 1. The van der Waals surface area contributed by atoms with Gasteiger partial charge < -0.3 is 10.2 Å². The lowest BCUT2D eigenvalue weighted by Gasteiger charge is -2.20. The predicted octanol–water partition coefficient (Wildman–Crippen LogP) is 3.33. The highest BCUT2D eigenvalue weighted by Crippen LogP contribution is 2.21. The van der Waals surface area contributed by atoms with E-state index in [-0.39, 0.29) is 16.9 Å². The Hall–Kier alpha value is -1.40. The summed E-state index contributed by atoms with van der Waals surface area (Å²) in [6.07, 6.45) is 2.34. The third-order valence-electron chi connectivity index (χ3n) is 3.57. The summed E-state index contributed by atoms with van der Waals surface area (Å²) >= 11 is 6.81. The van der Waals surface area contributed by atoms with E-state index in [9.17, 15) is 9.59 Å². The van der Waals surface area contributed by atoms with E-state index in [1.54, 1.807) is 24.3 Å². The second-order valence-corrected chi connectivity index (χ2v) is 7.32. The van der Waals surface area contributed by atoms with Gasteiger partial charge in [-0.3, -0.25) is 9.59 Å². The van der Waals surface area contributed by atoms with Crippen molar-refractivity contribution in [3.8, 4) is 0 Å². The highest BCUT2D eigenvalue weighted by Gasteiger charge is 2.21. The number of nitrogens with zero attached hydrogens (tertiary/aromatic N) is 1. The zero-order valence-electron chi connectivity index (χ0n) is 12.8. The van der Waals surface area contributed by atoms with E-state index in [0.29, 0.717) is 11.3 Å². The SMILES string of the molecule is CC(=O)c1ccc(NC(=O)[C@@H](C)SC(=S)N2CCCC2)cc1. The number of anilines is 1. The molecule has 1 aliphatic heterocycles. The van der Waals surface area contributed by atoms with E-state index in [2.05, 4.69) is 10.2 Å². The molecule has 0 unspecified atom stereocenters. The first-order valence-electron chi connectivity index (χ1n) is 7.35. The third kappa shape index (κ3) is 4.55. The van der Waals surface area contributed by atoms with Gasteiger partial charge in [0.15, 0.2) is 5.78 Å². The number of hydrogen-bond donors (Lipinski definition) is 1. The smallest absolute Gasteiger partial charge is 0.237 e. The fourth-order valence-corrected chi connectivity index (χ4v) is 3.63. The van der Waals surface area contributed by atoms with Crippen LogP contribution in [0.3, 0.4) is 0 Å². The number of hydrogen-bond acceptors (Lipinski definition) is 4. The van der Waals surface area contributed by atoms with Gasteiger partial charge in [0.2, 0.25) is 5.91 Å². The van der Waals surface area contributed by atoms with Gasteiger partial charge in [0, 0.05) is 24.3 Å². The van der Waals surface area contributed by atoms with Gasteiger partial charge in [-0.2, -0.15) is 0 Å². The lowest BCUT2D eigenvalue weighted by molar-refractivity contribution is -0.115. The number of benzene rings is 1. The number of amides is 1. The van der Waals surface area contributed by atoms with Gasteiger partial charge in [0.05, 0.1) is 5.25 Å². The molecule has 22 heavy (non-hydrogen) atoms. The minimum absolute atomic E-state index is 0.0118. The highest BCUT2D eigenvalue weighted by atomic mass is 32.2. The number of likely N-dealkylation sites (tertiary alicyclic amines) is 1. The molecule has 4 nitrogen and oxygen atoms in total. The average molecular weight is 336 g/mol. The molecule has 1 heterocycles. The van der Waals surface area contributed by atoms with Crippen molar-refractivity contribution >= 4 is 45.7 Å². The Bertz CT molecular complexity index is 566. The second kappa shape index (κ2) is 7.74. The molecule has 0 radical (unpaired) electrons. The molecule has 2 rings (SSSR count). The summed E-state index contributed by atoms with van der Waals surface area (Å²) in [7, 11) is 0. The van der Waals surface area contributed by atoms with E-state index >= 15 is 0 Å². The van der Waals surface area contributed by atoms with Gasteiger partial charge in [0.1, 0.15) is 4.32 Å². The molecule has 1 amide bonds. The number of nitrogens with one attached hydrogen (secondary N) is 1. The zero-order valence-corrected chi connectivity index (χ0v) is 14.4. The van der Waals surface area contributed by atoms with Crippen LogP contribution in [0.25, 0.3) is 0 Å². The van der Waals surface area contributed by atoms with Crippen molar-refractivity contribution in [1.82, 2.24) is 4.90 Å². The van der Waals surface area contributed by atoms with Gasteiger partial charge >= 0.3 is 0 Å². The van der Waals surface area contributed by atoms with Crippen LogP contribution in [0.4, 0.5) is 5.69 Å². The molecule has 6 heteroatoms. The zero-order chi connectivity index (χ0) is 16.1. The molecule has 118 valence electrons. The fraction of sp³-hybridized carbons (Fsp3) is 0.438. The lowest BCUT2D eigenvalue weighted by Crippen LogP contribution is -2.29. The minimum atomic E-state index is -0.249. The average Bonchev–Trinajstić information content (AvgIpc) is 3.02. The number of carbonyl (C=O) groups is 2. The number of rotatable bonds is 4. The molecule has 0 bridgehead atoms. The molecule has 0 aliphatic carbocycles. The molecule has 1 aromatic rings. The monoisotopic (exact) mass is 336 g/mol. The van der Waals surface area contributed by atoms with E-state index in [1.807, 2.05) is 6.92 Å². The summed E-state index contributed by atoms with van der Waals surface area (Å²) in [5.41, 5.74) is 1.32. The molecule has 0 aromatic heterocycles. The van der Waals surface area contributed by atoms with Crippen molar-refractivity contribution < 1.29 is 9.59 Å². The molecule has 1 aliphatic rings. The van der Waals surface area contributed by atoms with E-state index in [0.717, 1.165) is 17.4 Å². The first kappa shape index (κ1) is 17.0. The molecule has 0 spiro atoms. The Morgan fingerprint density at radius 1 is 1.23 bits per heavy atom. The highest BCUT2D eigenvalue weighted by molar-refractivity contribution is 8.23. The number of thioether (sulfide) groups is 1. The van der Waals surface area contributed by atoms with Crippen LogP contribution in [0, 0.1) is 0 Å². The normalized spacial score (nSPS) is 15.5. The Kier molecular flexibility index (Phi) is 5.97. The third-order valence-corrected chi connectivity index (χ3v) is 5.14. The van der Waals surface area contributed by atoms with Crippen LogP contribution in [-0.4, -0.2) is 39.3 Å². The maximum Gasteiger partial charge on any atom is 0.237 e. The summed E-state index contributed by atoms with van der Waals surface area (Å²) < 4.78 is 0.798. The minimum Gasteiger partial charge on any atom is -0.358 e. The Labute approximate surface area is 140 Å². The predicted molar refractivity (Wildman–Crippen MR) is 95.5 cm³/mol. The summed E-state index contributed by atoms with van der Waals surface area (Å²) in [6, 6.07) is 6.91. The van der Waals surface area contributed by atoms with E-state index < -0.39 is 0 Å². The van der Waals surface area contributed by atoms with Crippen molar-refractivity contribution in [3.05, 3.63) is 29.8 Å². The first-order valence-corrected chi connectivity index (χ1v) is 8.63. The molecule has 1 aromatic carbocycles. The van der Waals surface area contributed by atoms with Crippen LogP contribution >= 0.6 is 24.0 Å². The van der Waals surface area contributed by atoms with Crippen molar-refractivity contribution in [2.45, 2.75) is 31.9 Å². The van der Waals surface area contributed by atoms with Crippen molar-refractivity contribution in [2.75, 3.05) is 18.4 Å². The van der Waals surface area contributed by atoms with Gasteiger partial charge in [0.25, 0.3) is 0 Å². The molecular formula is C16H20N2O2S2. The summed E-state index contributed by atoms with van der Waals surface area (Å²) in [5, 5.41) is 2.61. The molecule has 1 saturated heterocycles.